The van der Waals surface area contributed by atoms with Crippen molar-refractivity contribution < 1.29 is 0 Å². The van der Waals surface area contributed by atoms with Gasteiger partial charge in [0, 0.05) is 11.6 Å². The summed E-state index contributed by atoms with van der Waals surface area (Å²) in [7, 11) is 0. The van der Waals surface area contributed by atoms with E-state index in [0.717, 1.165) is 25.0 Å². The molecule has 0 amide bonds. The molecule has 1 aromatic heterocycles. The number of fused-ring (bicyclic) bond motifs is 1. The van der Waals surface area contributed by atoms with Crippen LogP contribution in [0.2, 0.25) is 0 Å². The van der Waals surface area contributed by atoms with Crippen molar-refractivity contribution in [2.45, 2.75) is 25.7 Å². The Labute approximate surface area is 127 Å². The van der Waals surface area contributed by atoms with Gasteiger partial charge in [0.2, 0.25) is 0 Å². The quantitative estimate of drug-likeness (QED) is 0.792. The molecule has 1 aliphatic heterocycles. The fraction of sp³-hybridized carbons (Fsp3) is 0.500. The van der Waals surface area contributed by atoms with Crippen molar-refractivity contribution >= 4 is 10.9 Å². The third kappa shape index (κ3) is 4.02. The first kappa shape index (κ1) is 14.5. The molecule has 0 bridgehead atoms. The van der Waals surface area contributed by atoms with E-state index in [1.165, 1.54) is 49.8 Å². The Morgan fingerprint density at radius 1 is 1.05 bits per heavy atom. The Hall–Kier alpha value is -1.45. The number of nitrogens with one attached hydrogen (secondary N) is 1. The molecule has 1 saturated heterocycles. The molecule has 21 heavy (non-hydrogen) atoms. The van der Waals surface area contributed by atoms with Crippen LogP contribution in [0, 0.1) is 0 Å². The summed E-state index contributed by atoms with van der Waals surface area (Å²) in [5.74, 6) is 0. The molecular formula is C18H25N3. The number of pyridine rings is 1. The van der Waals surface area contributed by atoms with Gasteiger partial charge in [-0.25, -0.2) is 0 Å². The van der Waals surface area contributed by atoms with Gasteiger partial charge in [0.25, 0.3) is 0 Å². The van der Waals surface area contributed by atoms with Crippen LogP contribution < -0.4 is 5.32 Å². The van der Waals surface area contributed by atoms with Gasteiger partial charge >= 0.3 is 0 Å². The largest absolute Gasteiger partial charge is 0.316 e. The van der Waals surface area contributed by atoms with E-state index >= 15 is 0 Å². The highest BCUT2D eigenvalue weighted by molar-refractivity contribution is 5.81. The van der Waals surface area contributed by atoms with Crippen molar-refractivity contribution in [1.29, 1.82) is 0 Å². The van der Waals surface area contributed by atoms with Crippen molar-refractivity contribution in [2.75, 3.05) is 32.7 Å². The van der Waals surface area contributed by atoms with Gasteiger partial charge in [-0.3, -0.25) is 4.98 Å². The molecule has 2 heterocycles. The molecule has 3 heteroatoms. The number of nitrogens with zero attached hydrogens (tertiary/aromatic N) is 2. The molecule has 1 N–H and O–H groups in total. The predicted octanol–water partition coefficient (Wildman–Crippen LogP) is 2.85. The maximum Gasteiger partial charge on any atom is 0.0734 e. The zero-order valence-corrected chi connectivity index (χ0v) is 12.7. The van der Waals surface area contributed by atoms with Crippen LogP contribution in [0.5, 0.6) is 0 Å². The molecule has 0 spiro atoms. The lowest BCUT2D eigenvalue weighted by Crippen LogP contribution is -2.25. The van der Waals surface area contributed by atoms with E-state index in [9.17, 15) is 0 Å². The van der Waals surface area contributed by atoms with Crippen molar-refractivity contribution in [3.8, 4) is 0 Å². The molecular weight excluding hydrogens is 258 g/mol. The third-order valence-electron chi connectivity index (χ3n) is 4.31. The zero-order valence-electron chi connectivity index (χ0n) is 12.7. The summed E-state index contributed by atoms with van der Waals surface area (Å²) in [5, 5.41) is 4.81. The van der Waals surface area contributed by atoms with Gasteiger partial charge in [-0.2, -0.15) is 0 Å². The summed E-state index contributed by atoms with van der Waals surface area (Å²) in [6.07, 6.45) is 6.98. The van der Waals surface area contributed by atoms with Crippen LogP contribution in [0.3, 0.4) is 0 Å². The smallest absolute Gasteiger partial charge is 0.0734 e. The number of hydrogen-bond donors (Lipinski definition) is 1. The summed E-state index contributed by atoms with van der Waals surface area (Å²) in [6.45, 7) is 6.02. The van der Waals surface area contributed by atoms with Crippen LogP contribution in [0.15, 0.2) is 36.5 Å². The summed E-state index contributed by atoms with van der Waals surface area (Å²) < 4.78 is 0. The Morgan fingerprint density at radius 2 is 1.90 bits per heavy atom. The molecule has 2 aromatic rings. The number of benzene rings is 1. The molecule has 0 saturated carbocycles. The maximum atomic E-state index is 4.51. The predicted molar refractivity (Wildman–Crippen MR) is 88.6 cm³/mol. The van der Waals surface area contributed by atoms with E-state index in [0.29, 0.717) is 0 Å². The molecule has 0 aliphatic carbocycles. The molecule has 0 radical (unpaired) electrons. The molecule has 0 unspecified atom stereocenters. The Morgan fingerprint density at radius 3 is 2.81 bits per heavy atom. The van der Waals surface area contributed by atoms with E-state index < -0.39 is 0 Å². The van der Waals surface area contributed by atoms with Gasteiger partial charge in [0.15, 0.2) is 0 Å². The Balaban J connectivity index is 1.40. The lowest BCUT2D eigenvalue weighted by Gasteiger charge is -2.14. The highest BCUT2D eigenvalue weighted by Gasteiger charge is 2.09. The minimum Gasteiger partial charge on any atom is -0.316 e. The van der Waals surface area contributed by atoms with Gasteiger partial charge in [-0.15, -0.1) is 0 Å². The SMILES string of the molecule is c1cnc2c(CCNCCCN3CCCC3)cccc2c1. The number of rotatable bonds is 7. The van der Waals surface area contributed by atoms with Crippen LogP contribution in [-0.4, -0.2) is 42.6 Å². The molecule has 112 valence electrons. The molecule has 0 atom stereocenters. The number of likely N-dealkylation sites (tertiary alicyclic amines) is 1. The maximum absolute atomic E-state index is 4.51. The van der Waals surface area contributed by atoms with Crippen molar-refractivity contribution in [3.63, 3.8) is 0 Å². The van der Waals surface area contributed by atoms with Gasteiger partial charge in [-0.1, -0.05) is 24.3 Å². The van der Waals surface area contributed by atoms with E-state index in [-0.39, 0.29) is 0 Å². The summed E-state index contributed by atoms with van der Waals surface area (Å²) in [5.41, 5.74) is 2.50. The summed E-state index contributed by atoms with van der Waals surface area (Å²) >= 11 is 0. The molecule has 1 aromatic carbocycles. The molecule has 3 rings (SSSR count). The summed E-state index contributed by atoms with van der Waals surface area (Å²) in [6, 6.07) is 10.6. The van der Waals surface area contributed by atoms with Crippen molar-refractivity contribution in [2.24, 2.45) is 0 Å². The van der Waals surface area contributed by atoms with Crippen molar-refractivity contribution in [1.82, 2.24) is 15.2 Å². The number of aromatic nitrogens is 1. The zero-order chi connectivity index (χ0) is 14.3. The van der Waals surface area contributed by atoms with Gasteiger partial charge < -0.3 is 10.2 Å². The van der Waals surface area contributed by atoms with Gasteiger partial charge in [0.1, 0.15) is 0 Å². The van der Waals surface area contributed by atoms with Crippen LogP contribution in [0.25, 0.3) is 10.9 Å². The third-order valence-corrected chi connectivity index (χ3v) is 4.31. The van der Waals surface area contributed by atoms with Crippen molar-refractivity contribution in [3.05, 3.63) is 42.1 Å². The van der Waals surface area contributed by atoms with E-state index in [1.54, 1.807) is 0 Å². The topological polar surface area (TPSA) is 28.2 Å². The van der Waals surface area contributed by atoms with Crippen LogP contribution in [0.1, 0.15) is 24.8 Å². The first-order chi connectivity index (χ1) is 10.4. The lowest BCUT2D eigenvalue weighted by molar-refractivity contribution is 0.331. The van der Waals surface area contributed by atoms with Gasteiger partial charge in [0.05, 0.1) is 5.52 Å². The van der Waals surface area contributed by atoms with Gasteiger partial charge in [-0.05, 0) is 70.0 Å². The lowest BCUT2D eigenvalue weighted by atomic mass is 10.1. The highest BCUT2D eigenvalue weighted by Crippen LogP contribution is 2.15. The van der Waals surface area contributed by atoms with Crippen LogP contribution >= 0.6 is 0 Å². The van der Waals surface area contributed by atoms with Crippen LogP contribution in [-0.2, 0) is 6.42 Å². The second kappa shape index (κ2) is 7.53. The number of para-hydroxylation sites is 1. The Bertz CT molecular complexity index is 556. The first-order valence-electron chi connectivity index (χ1n) is 8.19. The van der Waals surface area contributed by atoms with E-state index in [2.05, 4.69) is 39.5 Å². The summed E-state index contributed by atoms with van der Waals surface area (Å²) in [4.78, 5) is 7.09. The standard InChI is InChI=1S/C18H25N3/c1-2-14-21(13-1)15-5-10-19-12-9-17-7-3-6-16-8-4-11-20-18(16)17/h3-4,6-8,11,19H,1-2,5,9-10,12-15H2. The average Bonchev–Trinajstić information content (AvgIpc) is 3.04. The molecule has 1 fully saturated rings. The fourth-order valence-corrected chi connectivity index (χ4v) is 3.15. The van der Waals surface area contributed by atoms with E-state index in [1.807, 2.05) is 12.3 Å². The fourth-order valence-electron chi connectivity index (χ4n) is 3.15. The first-order valence-corrected chi connectivity index (χ1v) is 8.19. The number of hydrogen-bond acceptors (Lipinski definition) is 3. The Kier molecular flexibility index (Phi) is 5.19. The minimum atomic E-state index is 1.04. The highest BCUT2D eigenvalue weighted by atomic mass is 15.1. The second-order valence-corrected chi connectivity index (χ2v) is 5.89. The molecule has 1 aliphatic rings. The normalized spacial score (nSPS) is 15.8. The van der Waals surface area contributed by atoms with E-state index in [4.69, 9.17) is 0 Å². The van der Waals surface area contributed by atoms with Crippen LogP contribution in [0.4, 0.5) is 0 Å². The minimum absolute atomic E-state index is 1.04. The monoisotopic (exact) mass is 283 g/mol. The second-order valence-electron chi connectivity index (χ2n) is 5.89. The molecule has 3 nitrogen and oxygen atoms in total. The average molecular weight is 283 g/mol.